The number of pyridine rings is 1. The zero-order valence-electron chi connectivity index (χ0n) is 15.3. The fraction of sp³-hybridized carbons (Fsp3) is 0.300. The number of morpholine rings is 1. The van der Waals surface area contributed by atoms with Gasteiger partial charge in [-0.15, -0.1) is 0 Å². The molecule has 0 N–H and O–H groups in total. The molecule has 2 aromatic heterocycles. The monoisotopic (exact) mass is 364 g/mol. The molecule has 0 saturated carbocycles. The Hall–Kier alpha value is -3.06. The van der Waals surface area contributed by atoms with Crippen molar-refractivity contribution in [3.8, 4) is 11.1 Å². The maximum atomic E-state index is 13.2. The second kappa shape index (κ2) is 7.28. The topological polar surface area (TPSA) is 81.4 Å². The third-order valence-electron chi connectivity index (χ3n) is 4.57. The van der Waals surface area contributed by atoms with Crippen LogP contribution in [0.3, 0.4) is 0 Å². The number of ether oxygens (including phenoxy) is 1. The molecule has 4 rings (SSSR count). The van der Waals surface area contributed by atoms with E-state index in [0.29, 0.717) is 37.0 Å². The zero-order chi connectivity index (χ0) is 18.8. The molecule has 0 spiro atoms. The fourth-order valence-corrected chi connectivity index (χ4v) is 3.22. The Bertz CT molecular complexity index is 969. The van der Waals surface area contributed by atoms with Gasteiger partial charge >= 0.3 is 0 Å². The summed E-state index contributed by atoms with van der Waals surface area (Å²) in [6.07, 6.45) is 3.36. The number of hydrogen-bond acceptors (Lipinski definition) is 6. The maximum absolute atomic E-state index is 13.2. The highest BCUT2D eigenvalue weighted by atomic mass is 16.5. The summed E-state index contributed by atoms with van der Waals surface area (Å²) in [6.45, 7) is 5.05. The van der Waals surface area contributed by atoms with Crippen molar-refractivity contribution in [2.45, 2.75) is 19.9 Å². The molecule has 27 heavy (non-hydrogen) atoms. The van der Waals surface area contributed by atoms with Gasteiger partial charge in [0.15, 0.2) is 5.82 Å². The molecule has 0 radical (unpaired) electrons. The van der Waals surface area contributed by atoms with Crippen molar-refractivity contribution >= 4 is 5.91 Å². The first kappa shape index (κ1) is 17.4. The average molecular weight is 364 g/mol. The van der Waals surface area contributed by atoms with Gasteiger partial charge in [-0.1, -0.05) is 35.0 Å². The van der Waals surface area contributed by atoms with Crippen molar-refractivity contribution in [3.05, 3.63) is 65.6 Å². The van der Waals surface area contributed by atoms with Gasteiger partial charge in [-0.3, -0.25) is 9.78 Å². The van der Waals surface area contributed by atoms with Gasteiger partial charge in [-0.05, 0) is 18.6 Å². The third-order valence-corrected chi connectivity index (χ3v) is 4.57. The first-order valence-corrected chi connectivity index (χ1v) is 8.83. The summed E-state index contributed by atoms with van der Waals surface area (Å²) in [4.78, 5) is 23.5. The lowest BCUT2D eigenvalue weighted by atomic mass is 10.0. The van der Waals surface area contributed by atoms with E-state index in [1.165, 1.54) is 0 Å². The Labute approximate surface area is 157 Å². The molecule has 0 unspecified atom stereocenters. The molecule has 3 heterocycles. The maximum Gasteiger partial charge on any atom is 0.256 e. The zero-order valence-corrected chi connectivity index (χ0v) is 15.3. The number of carbonyl (C=O) groups excluding carboxylic acids is 1. The largest absolute Gasteiger partial charge is 0.377 e. The highest BCUT2D eigenvalue weighted by Gasteiger charge is 2.32. The van der Waals surface area contributed by atoms with Crippen LogP contribution in [0.4, 0.5) is 0 Å². The van der Waals surface area contributed by atoms with Crippen molar-refractivity contribution in [3.63, 3.8) is 0 Å². The number of hydrogen-bond donors (Lipinski definition) is 0. The van der Waals surface area contributed by atoms with E-state index in [0.717, 1.165) is 16.7 Å². The van der Waals surface area contributed by atoms with Crippen LogP contribution in [0.25, 0.3) is 11.1 Å². The van der Waals surface area contributed by atoms with Crippen LogP contribution in [0, 0.1) is 13.8 Å². The lowest BCUT2D eigenvalue weighted by Crippen LogP contribution is -2.43. The van der Waals surface area contributed by atoms with Gasteiger partial charge in [0.1, 0.15) is 6.04 Å². The van der Waals surface area contributed by atoms with Crippen LogP contribution in [-0.2, 0) is 4.74 Å². The molecule has 1 saturated heterocycles. The summed E-state index contributed by atoms with van der Waals surface area (Å²) >= 11 is 0. The lowest BCUT2D eigenvalue weighted by Gasteiger charge is -2.33. The Morgan fingerprint density at radius 1 is 1.19 bits per heavy atom. The van der Waals surface area contributed by atoms with Crippen LogP contribution < -0.4 is 0 Å². The normalized spacial score (nSPS) is 17.1. The summed E-state index contributed by atoms with van der Waals surface area (Å²) < 4.78 is 10.6. The second-order valence-corrected chi connectivity index (χ2v) is 6.59. The average Bonchev–Trinajstić information content (AvgIpc) is 3.14. The van der Waals surface area contributed by atoms with E-state index in [-0.39, 0.29) is 11.9 Å². The van der Waals surface area contributed by atoms with Gasteiger partial charge in [0.25, 0.3) is 5.91 Å². The summed E-state index contributed by atoms with van der Waals surface area (Å²) in [5, 5.41) is 3.96. The summed E-state index contributed by atoms with van der Waals surface area (Å²) in [5.74, 6) is 0.808. The highest BCUT2D eigenvalue weighted by molar-refractivity contribution is 5.95. The van der Waals surface area contributed by atoms with Crippen molar-refractivity contribution in [2.24, 2.45) is 0 Å². The Morgan fingerprint density at radius 3 is 2.85 bits per heavy atom. The molecule has 0 aliphatic carbocycles. The molecule has 7 heteroatoms. The Kier molecular flexibility index (Phi) is 4.68. The molecule has 7 nitrogen and oxygen atoms in total. The van der Waals surface area contributed by atoms with Gasteiger partial charge in [-0.25, -0.2) is 0 Å². The molecule has 138 valence electrons. The van der Waals surface area contributed by atoms with E-state index in [1.807, 2.05) is 31.2 Å². The molecule has 3 aromatic rings. The number of benzene rings is 1. The number of rotatable bonds is 3. The van der Waals surface area contributed by atoms with Crippen LogP contribution in [0.1, 0.15) is 33.7 Å². The van der Waals surface area contributed by atoms with Crippen molar-refractivity contribution in [2.75, 3.05) is 19.8 Å². The Morgan fingerprint density at radius 2 is 2.07 bits per heavy atom. The van der Waals surface area contributed by atoms with Crippen LogP contribution in [0.2, 0.25) is 0 Å². The van der Waals surface area contributed by atoms with Crippen molar-refractivity contribution in [1.82, 2.24) is 20.0 Å². The number of nitrogens with zero attached hydrogens (tertiary/aromatic N) is 4. The van der Waals surface area contributed by atoms with Crippen molar-refractivity contribution in [1.29, 1.82) is 0 Å². The molecule has 0 bridgehead atoms. The fourth-order valence-electron chi connectivity index (χ4n) is 3.22. The van der Waals surface area contributed by atoms with Gasteiger partial charge in [0, 0.05) is 31.4 Å². The predicted molar refractivity (Wildman–Crippen MR) is 98.0 cm³/mol. The Balaban J connectivity index is 1.64. The molecular formula is C20H20N4O3. The standard InChI is InChI=1S/C20H20N4O3/c1-13-4-3-5-15(8-13)16-9-17(11-21-10-16)20(25)24-6-7-26-12-18(24)19-22-14(2)27-23-19/h3-5,8-11,18H,6-7,12H2,1-2H3/t18-/m1/s1. The van der Waals surface area contributed by atoms with Gasteiger partial charge < -0.3 is 14.2 Å². The van der Waals surface area contributed by atoms with Crippen LogP contribution in [0.5, 0.6) is 0 Å². The smallest absolute Gasteiger partial charge is 0.256 e. The molecule has 1 amide bonds. The summed E-state index contributed by atoms with van der Waals surface area (Å²) in [5.41, 5.74) is 3.63. The number of aromatic nitrogens is 3. The number of amides is 1. The molecule has 1 aliphatic rings. The SMILES string of the molecule is Cc1cccc(-c2cncc(C(=O)N3CCOC[C@@H]3c3noc(C)n3)c2)c1. The first-order chi connectivity index (χ1) is 13.1. The molecule has 1 aliphatic heterocycles. The van der Waals surface area contributed by atoms with Crippen LogP contribution in [0.15, 0.2) is 47.2 Å². The van der Waals surface area contributed by atoms with E-state index in [2.05, 4.69) is 21.2 Å². The molecule has 1 fully saturated rings. The van der Waals surface area contributed by atoms with Gasteiger partial charge in [0.2, 0.25) is 5.89 Å². The van der Waals surface area contributed by atoms with Crippen LogP contribution in [-0.4, -0.2) is 45.7 Å². The minimum absolute atomic E-state index is 0.118. The number of aryl methyl sites for hydroxylation is 2. The third kappa shape index (κ3) is 3.59. The minimum Gasteiger partial charge on any atom is -0.377 e. The second-order valence-electron chi connectivity index (χ2n) is 6.59. The van der Waals surface area contributed by atoms with Crippen molar-refractivity contribution < 1.29 is 14.1 Å². The van der Waals surface area contributed by atoms with E-state index in [1.54, 1.807) is 24.2 Å². The van der Waals surface area contributed by atoms with E-state index < -0.39 is 0 Å². The lowest BCUT2D eigenvalue weighted by molar-refractivity contribution is -0.00578. The van der Waals surface area contributed by atoms with Crippen LogP contribution >= 0.6 is 0 Å². The minimum atomic E-state index is -0.369. The van der Waals surface area contributed by atoms with Gasteiger partial charge in [0.05, 0.1) is 18.8 Å². The van der Waals surface area contributed by atoms with E-state index in [9.17, 15) is 4.79 Å². The van der Waals surface area contributed by atoms with Gasteiger partial charge in [-0.2, -0.15) is 4.98 Å². The summed E-state index contributed by atoms with van der Waals surface area (Å²) in [7, 11) is 0. The van der Waals surface area contributed by atoms with E-state index >= 15 is 0 Å². The molecular weight excluding hydrogens is 344 g/mol. The first-order valence-electron chi connectivity index (χ1n) is 8.83. The number of carbonyl (C=O) groups is 1. The molecule has 1 aromatic carbocycles. The summed E-state index contributed by atoms with van der Waals surface area (Å²) in [6, 6.07) is 9.62. The predicted octanol–water partition coefficient (Wildman–Crippen LogP) is 2.96. The van der Waals surface area contributed by atoms with E-state index in [4.69, 9.17) is 9.26 Å². The molecule has 1 atom stereocenters. The highest BCUT2D eigenvalue weighted by Crippen LogP contribution is 2.26. The quantitative estimate of drug-likeness (QED) is 0.711.